The highest BCUT2D eigenvalue weighted by atomic mass is 35.5. The van der Waals surface area contributed by atoms with Crippen LogP contribution in [0.2, 0.25) is 0 Å². The van der Waals surface area contributed by atoms with Crippen molar-refractivity contribution in [2.75, 3.05) is 19.6 Å². The van der Waals surface area contributed by atoms with E-state index >= 15 is 0 Å². The summed E-state index contributed by atoms with van der Waals surface area (Å²) >= 11 is 0. The fourth-order valence-electron chi connectivity index (χ4n) is 4.43. The first-order valence-corrected chi connectivity index (χ1v) is 11.2. The summed E-state index contributed by atoms with van der Waals surface area (Å²) in [6.07, 6.45) is 0.834. The molecule has 1 saturated heterocycles. The zero-order valence-corrected chi connectivity index (χ0v) is 19.9. The van der Waals surface area contributed by atoms with Crippen molar-refractivity contribution in [3.63, 3.8) is 0 Å². The molecule has 2 aromatic carbocycles. The Kier molecular flexibility index (Phi) is 7.37. The molecule has 0 atom stereocenters. The van der Waals surface area contributed by atoms with E-state index in [1.54, 1.807) is 6.20 Å². The fourth-order valence-corrected chi connectivity index (χ4v) is 4.43. The van der Waals surface area contributed by atoms with E-state index in [2.05, 4.69) is 14.7 Å². The van der Waals surface area contributed by atoms with Gasteiger partial charge in [-0.25, -0.2) is 4.39 Å². The molecule has 0 amide bonds. The van der Waals surface area contributed by atoms with Gasteiger partial charge in [-0.3, -0.25) is 14.0 Å². The largest absolute Gasteiger partial charge is 0.573 e. The fraction of sp³-hybridized carbons (Fsp3) is 0.280. The van der Waals surface area contributed by atoms with Gasteiger partial charge >= 0.3 is 6.36 Å². The standard InChI is InChI=1S/C25H22F4N4O2.ClH/c26-22-15-20(35-25(27,28)29)4-5-21(22)17-7-10-32(24(34)14-17)19-3-6-23-18(13-19)16-30-33(23)12-11-31-8-1-2-9-31;/h3-7,10,13-16H,1-2,8-9,11-12H2;1H. The van der Waals surface area contributed by atoms with E-state index in [0.717, 1.165) is 49.2 Å². The molecular formula is C25H23ClF4N4O2. The summed E-state index contributed by atoms with van der Waals surface area (Å²) in [4.78, 5) is 15.2. The van der Waals surface area contributed by atoms with E-state index in [1.807, 2.05) is 22.9 Å². The van der Waals surface area contributed by atoms with Crippen molar-refractivity contribution in [3.05, 3.63) is 77.1 Å². The van der Waals surface area contributed by atoms with Crippen molar-refractivity contribution in [2.24, 2.45) is 0 Å². The lowest BCUT2D eigenvalue weighted by atomic mass is 10.1. The Balaban J connectivity index is 0.00000304. The number of aromatic nitrogens is 3. The van der Waals surface area contributed by atoms with Crippen LogP contribution < -0.4 is 10.3 Å². The molecule has 2 aromatic heterocycles. The van der Waals surface area contributed by atoms with E-state index in [4.69, 9.17) is 0 Å². The summed E-state index contributed by atoms with van der Waals surface area (Å²) in [6, 6.07) is 11.2. The maximum Gasteiger partial charge on any atom is 0.573 e. The van der Waals surface area contributed by atoms with Gasteiger partial charge in [0.1, 0.15) is 11.6 Å². The molecule has 1 fully saturated rings. The van der Waals surface area contributed by atoms with Crippen molar-refractivity contribution >= 4 is 23.3 Å². The minimum atomic E-state index is -4.92. The predicted octanol–water partition coefficient (Wildman–Crippen LogP) is 5.41. The molecule has 190 valence electrons. The molecule has 0 radical (unpaired) electrons. The summed E-state index contributed by atoms with van der Waals surface area (Å²) in [6.45, 7) is 3.98. The van der Waals surface area contributed by atoms with Crippen molar-refractivity contribution in [3.8, 4) is 22.6 Å². The molecule has 1 aliphatic heterocycles. The van der Waals surface area contributed by atoms with Crippen LogP contribution in [0.5, 0.6) is 5.75 Å². The molecule has 0 N–H and O–H groups in total. The average Bonchev–Trinajstić information content (AvgIpc) is 3.46. The van der Waals surface area contributed by atoms with Gasteiger partial charge in [0.05, 0.1) is 18.3 Å². The molecule has 0 saturated carbocycles. The molecule has 1 aliphatic rings. The topological polar surface area (TPSA) is 52.3 Å². The Bertz CT molecular complexity index is 1430. The van der Waals surface area contributed by atoms with Crippen molar-refractivity contribution in [2.45, 2.75) is 25.7 Å². The maximum atomic E-state index is 14.4. The first-order valence-electron chi connectivity index (χ1n) is 11.2. The van der Waals surface area contributed by atoms with Crippen LogP contribution in [0.25, 0.3) is 27.7 Å². The third-order valence-corrected chi connectivity index (χ3v) is 6.13. The van der Waals surface area contributed by atoms with E-state index in [0.29, 0.717) is 11.8 Å². The van der Waals surface area contributed by atoms with Crippen molar-refractivity contribution < 1.29 is 22.3 Å². The highest BCUT2D eigenvalue weighted by Gasteiger charge is 2.31. The number of fused-ring (bicyclic) bond motifs is 1. The highest BCUT2D eigenvalue weighted by Crippen LogP contribution is 2.29. The number of benzene rings is 2. The Morgan fingerprint density at radius 2 is 1.75 bits per heavy atom. The Hall–Kier alpha value is -3.37. The van der Waals surface area contributed by atoms with E-state index in [9.17, 15) is 22.4 Å². The van der Waals surface area contributed by atoms with Crippen LogP contribution in [-0.4, -0.2) is 45.2 Å². The molecule has 6 nitrogen and oxygen atoms in total. The second kappa shape index (κ2) is 10.3. The maximum absolute atomic E-state index is 14.4. The molecule has 5 rings (SSSR count). The minimum Gasteiger partial charge on any atom is -0.406 e. The van der Waals surface area contributed by atoms with Crippen LogP contribution in [0.4, 0.5) is 17.6 Å². The first kappa shape index (κ1) is 25.7. The Morgan fingerprint density at radius 1 is 0.972 bits per heavy atom. The Morgan fingerprint density at radius 3 is 2.44 bits per heavy atom. The molecule has 3 heterocycles. The summed E-state index contributed by atoms with van der Waals surface area (Å²) in [5.74, 6) is -1.59. The number of pyridine rings is 1. The van der Waals surface area contributed by atoms with Crippen LogP contribution in [0, 0.1) is 5.82 Å². The number of halogens is 5. The lowest BCUT2D eigenvalue weighted by Gasteiger charge is -2.14. The third kappa shape index (κ3) is 5.55. The summed E-state index contributed by atoms with van der Waals surface area (Å²) < 4.78 is 58.6. The monoisotopic (exact) mass is 522 g/mol. The normalized spacial score (nSPS) is 14.2. The molecular weight excluding hydrogens is 500 g/mol. The number of ether oxygens (including phenoxy) is 1. The smallest absolute Gasteiger partial charge is 0.406 e. The molecule has 0 spiro atoms. The highest BCUT2D eigenvalue weighted by molar-refractivity contribution is 5.85. The number of hydrogen-bond acceptors (Lipinski definition) is 4. The van der Waals surface area contributed by atoms with Crippen LogP contribution in [0.15, 0.2) is 65.7 Å². The zero-order valence-electron chi connectivity index (χ0n) is 19.0. The molecule has 0 unspecified atom stereocenters. The Labute approximate surface area is 210 Å². The number of hydrogen-bond donors (Lipinski definition) is 0. The molecule has 0 bridgehead atoms. The first-order chi connectivity index (χ1) is 16.8. The summed E-state index contributed by atoms with van der Waals surface area (Å²) in [5.41, 5.74) is 1.44. The number of rotatable bonds is 6. The average molecular weight is 523 g/mol. The van der Waals surface area contributed by atoms with E-state index < -0.39 is 23.5 Å². The molecule has 11 heteroatoms. The predicted molar refractivity (Wildman–Crippen MR) is 130 cm³/mol. The van der Waals surface area contributed by atoms with Gasteiger partial charge in [-0.15, -0.1) is 25.6 Å². The molecule has 4 aromatic rings. The molecule has 36 heavy (non-hydrogen) atoms. The number of nitrogens with zero attached hydrogens (tertiary/aromatic N) is 4. The van der Waals surface area contributed by atoms with Crippen LogP contribution in [-0.2, 0) is 6.54 Å². The van der Waals surface area contributed by atoms with Gasteiger partial charge in [0.2, 0.25) is 0 Å². The van der Waals surface area contributed by atoms with Gasteiger partial charge in [-0.1, -0.05) is 0 Å². The third-order valence-electron chi connectivity index (χ3n) is 6.13. The zero-order chi connectivity index (χ0) is 24.6. The quantitative estimate of drug-likeness (QED) is 0.318. The van der Waals surface area contributed by atoms with Crippen LogP contribution in [0.1, 0.15) is 12.8 Å². The number of likely N-dealkylation sites (tertiary alicyclic amines) is 1. The second-order valence-corrected chi connectivity index (χ2v) is 8.47. The van der Waals surface area contributed by atoms with Gasteiger partial charge in [0.15, 0.2) is 0 Å². The summed E-state index contributed by atoms with van der Waals surface area (Å²) in [5, 5.41) is 5.38. The van der Waals surface area contributed by atoms with Crippen molar-refractivity contribution in [1.82, 2.24) is 19.2 Å². The van der Waals surface area contributed by atoms with Crippen LogP contribution >= 0.6 is 12.4 Å². The van der Waals surface area contributed by atoms with Gasteiger partial charge in [0, 0.05) is 41.5 Å². The van der Waals surface area contributed by atoms with Crippen molar-refractivity contribution in [1.29, 1.82) is 0 Å². The summed E-state index contributed by atoms with van der Waals surface area (Å²) in [7, 11) is 0. The van der Waals surface area contributed by atoms with Gasteiger partial charge < -0.3 is 9.64 Å². The molecule has 0 aliphatic carbocycles. The van der Waals surface area contributed by atoms with E-state index in [1.165, 1.54) is 35.7 Å². The van der Waals surface area contributed by atoms with Gasteiger partial charge in [0.25, 0.3) is 5.56 Å². The SMILES string of the molecule is Cl.O=c1cc(-c2ccc(OC(F)(F)F)cc2F)ccn1-c1ccc2c(cnn2CCN2CCCC2)c1. The lowest BCUT2D eigenvalue weighted by Crippen LogP contribution is -2.24. The van der Waals surface area contributed by atoms with Crippen LogP contribution in [0.3, 0.4) is 0 Å². The minimum absolute atomic E-state index is 0. The van der Waals surface area contributed by atoms with Gasteiger partial charge in [-0.05, 0) is 67.9 Å². The van der Waals surface area contributed by atoms with E-state index in [-0.39, 0.29) is 23.5 Å². The second-order valence-electron chi connectivity index (χ2n) is 8.47. The number of alkyl halides is 3. The lowest BCUT2D eigenvalue weighted by molar-refractivity contribution is -0.274. The van der Waals surface area contributed by atoms with Gasteiger partial charge in [-0.2, -0.15) is 5.10 Å².